The second-order valence-corrected chi connectivity index (χ2v) is 8.16. The maximum atomic E-state index is 12.7. The van der Waals surface area contributed by atoms with Crippen molar-refractivity contribution in [1.82, 2.24) is 9.62 Å². The summed E-state index contributed by atoms with van der Waals surface area (Å²) >= 11 is 0. The lowest BCUT2D eigenvalue weighted by atomic mass is 10.1. The normalized spacial score (nSPS) is 21.9. The van der Waals surface area contributed by atoms with E-state index in [1.54, 1.807) is 30.9 Å². The number of nitrogens with zero attached hydrogens (tertiary/aromatic N) is 1. The molecule has 6 nitrogen and oxygen atoms in total. The number of rotatable bonds is 5. The molecule has 2 rings (SSSR count). The summed E-state index contributed by atoms with van der Waals surface area (Å²) in [5.74, 6) is 0.165. The van der Waals surface area contributed by atoms with Crippen molar-refractivity contribution in [1.29, 1.82) is 0 Å². The van der Waals surface area contributed by atoms with Crippen LogP contribution in [0.2, 0.25) is 0 Å². The van der Waals surface area contributed by atoms with Crippen LogP contribution in [-0.2, 0) is 10.0 Å². The lowest BCUT2D eigenvalue weighted by Gasteiger charge is -2.22. The lowest BCUT2D eigenvalue weighted by Crippen LogP contribution is -2.35. The van der Waals surface area contributed by atoms with Crippen molar-refractivity contribution in [3.8, 4) is 0 Å². The number of hydrogen-bond acceptors (Lipinski definition) is 4. The number of likely N-dealkylation sites (tertiary alicyclic amines) is 1. The summed E-state index contributed by atoms with van der Waals surface area (Å²) in [5.41, 5.74) is 6.09. The second-order valence-electron chi connectivity index (χ2n) is 6.45. The molecule has 0 radical (unpaired) electrons. The zero-order valence-electron chi connectivity index (χ0n) is 13.8. The molecule has 1 fully saturated rings. The summed E-state index contributed by atoms with van der Waals surface area (Å²) in [7, 11) is -3.61. The Bertz CT molecular complexity index is 673. The highest BCUT2D eigenvalue weighted by Crippen LogP contribution is 2.24. The largest absolute Gasteiger partial charge is 0.336 e. The zero-order valence-corrected chi connectivity index (χ0v) is 14.6. The molecular formula is C16H25N3O3S. The van der Waals surface area contributed by atoms with Crippen molar-refractivity contribution in [2.24, 2.45) is 11.7 Å². The number of amides is 1. The summed E-state index contributed by atoms with van der Waals surface area (Å²) in [4.78, 5) is 14.6. The van der Waals surface area contributed by atoms with Crippen LogP contribution < -0.4 is 10.5 Å². The van der Waals surface area contributed by atoms with Gasteiger partial charge >= 0.3 is 0 Å². The van der Waals surface area contributed by atoms with E-state index in [1.807, 2.05) is 6.92 Å². The predicted molar refractivity (Wildman–Crippen MR) is 89.6 cm³/mol. The summed E-state index contributed by atoms with van der Waals surface area (Å²) in [6, 6.07) is 6.10. The van der Waals surface area contributed by atoms with Crippen LogP contribution in [0.3, 0.4) is 0 Å². The minimum atomic E-state index is -3.61. The predicted octanol–water partition coefficient (Wildman–Crippen LogP) is 1.18. The molecule has 3 N–H and O–H groups in total. The van der Waals surface area contributed by atoms with Crippen molar-refractivity contribution in [2.45, 2.75) is 44.2 Å². The van der Waals surface area contributed by atoms with E-state index in [1.165, 1.54) is 12.1 Å². The molecule has 2 atom stereocenters. The molecular weight excluding hydrogens is 314 g/mol. The van der Waals surface area contributed by atoms with Crippen molar-refractivity contribution < 1.29 is 13.2 Å². The van der Waals surface area contributed by atoms with Crippen LogP contribution in [0, 0.1) is 5.92 Å². The monoisotopic (exact) mass is 339 g/mol. The van der Waals surface area contributed by atoms with Gasteiger partial charge in [0.2, 0.25) is 10.0 Å². The van der Waals surface area contributed by atoms with Crippen LogP contribution in [0.25, 0.3) is 0 Å². The Kier molecular flexibility index (Phi) is 5.44. The molecule has 1 heterocycles. The first-order valence-corrected chi connectivity index (χ1v) is 9.36. The smallest absolute Gasteiger partial charge is 0.254 e. The van der Waals surface area contributed by atoms with Gasteiger partial charge in [-0.15, -0.1) is 0 Å². The molecule has 0 bridgehead atoms. The summed E-state index contributed by atoms with van der Waals surface area (Å²) < 4.78 is 27.0. The molecule has 0 aromatic heterocycles. The average molecular weight is 339 g/mol. The van der Waals surface area contributed by atoms with Crippen LogP contribution >= 0.6 is 0 Å². The molecule has 1 aliphatic heterocycles. The quantitative estimate of drug-likeness (QED) is 0.842. The Hall–Kier alpha value is -1.44. The van der Waals surface area contributed by atoms with Gasteiger partial charge in [0.15, 0.2) is 0 Å². The number of nitrogens with two attached hydrogens (primary N) is 1. The van der Waals surface area contributed by atoms with Crippen molar-refractivity contribution in [3.63, 3.8) is 0 Å². The highest BCUT2D eigenvalue weighted by molar-refractivity contribution is 7.89. The molecule has 0 spiro atoms. The molecule has 1 saturated heterocycles. The third-order valence-electron chi connectivity index (χ3n) is 4.04. The van der Waals surface area contributed by atoms with E-state index >= 15 is 0 Å². The van der Waals surface area contributed by atoms with Crippen LogP contribution in [-0.4, -0.2) is 44.4 Å². The number of carbonyl (C=O) groups excluding carboxylic acids is 1. The first-order valence-electron chi connectivity index (χ1n) is 7.88. The fraction of sp³-hybridized carbons (Fsp3) is 0.562. The van der Waals surface area contributed by atoms with E-state index in [0.29, 0.717) is 24.6 Å². The molecule has 23 heavy (non-hydrogen) atoms. The van der Waals surface area contributed by atoms with Crippen molar-refractivity contribution in [3.05, 3.63) is 29.8 Å². The number of hydrogen-bond donors (Lipinski definition) is 2. The molecule has 1 amide bonds. The molecule has 0 aliphatic carbocycles. The summed E-state index contributed by atoms with van der Waals surface area (Å²) in [6.45, 7) is 6.68. The number of benzene rings is 1. The molecule has 1 aromatic rings. The van der Waals surface area contributed by atoms with Gasteiger partial charge in [-0.05, 0) is 57.9 Å². The fourth-order valence-corrected chi connectivity index (χ4v) is 4.23. The van der Waals surface area contributed by atoms with Crippen LogP contribution in [0.5, 0.6) is 0 Å². The molecule has 1 aliphatic rings. The molecule has 1 aromatic carbocycles. The van der Waals surface area contributed by atoms with Crippen LogP contribution in [0.15, 0.2) is 29.2 Å². The first-order chi connectivity index (χ1) is 10.7. The first kappa shape index (κ1) is 17.9. The highest BCUT2D eigenvalue weighted by Gasteiger charge is 2.32. The van der Waals surface area contributed by atoms with Gasteiger partial charge in [0.05, 0.1) is 4.90 Å². The molecule has 2 unspecified atom stereocenters. The number of sulfonamides is 1. The van der Waals surface area contributed by atoms with Gasteiger partial charge in [-0.3, -0.25) is 4.79 Å². The van der Waals surface area contributed by atoms with E-state index in [-0.39, 0.29) is 22.9 Å². The molecule has 0 saturated carbocycles. The number of nitrogens with one attached hydrogen (secondary N) is 1. The minimum Gasteiger partial charge on any atom is -0.336 e. The van der Waals surface area contributed by atoms with Gasteiger partial charge in [-0.1, -0.05) is 6.07 Å². The zero-order chi connectivity index (χ0) is 17.2. The topological polar surface area (TPSA) is 92.5 Å². The van der Waals surface area contributed by atoms with Gasteiger partial charge < -0.3 is 10.6 Å². The third-order valence-corrected chi connectivity index (χ3v) is 5.69. The van der Waals surface area contributed by atoms with Gasteiger partial charge in [-0.25, -0.2) is 13.1 Å². The Labute approximate surface area is 138 Å². The summed E-state index contributed by atoms with van der Waals surface area (Å²) in [5, 5.41) is 0. The standard InChI is InChI=1S/C16H25N3O3S/c1-11(2)18-23(21,22)15-6-4-5-14(8-15)16(20)19-10-13(9-17)7-12(19)3/h4-6,8,11-13,18H,7,9-10,17H2,1-3H3. The van der Waals surface area contributed by atoms with Crippen molar-refractivity contribution in [2.75, 3.05) is 13.1 Å². The number of carbonyl (C=O) groups is 1. The van der Waals surface area contributed by atoms with Gasteiger partial charge in [0.1, 0.15) is 0 Å². The Balaban J connectivity index is 2.25. The van der Waals surface area contributed by atoms with Crippen molar-refractivity contribution >= 4 is 15.9 Å². The lowest BCUT2D eigenvalue weighted by molar-refractivity contribution is 0.0743. The van der Waals surface area contributed by atoms with Gasteiger partial charge in [-0.2, -0.15) is 0 Å². The minimum absolute atomic E-state index is 0.110. The molecule has 128 valence electrons. The highest BCUT2D eigenvalue weighted by atomic mass is 32.2. The van der Waals surface area contributed by atoms with E-state index in [0.717, 1.165) is 6.42 Å². The SMILES string of the molecule is CC(C)NS(=O)(=O)c1cccc(C(=O)N2CC(CN)CC2C)c1. The van der Waals surface area contributed by atoms with Crippen LogP contribution in [0.1, 0.15) is 37.6 Å². The third kappa shape index (κ3) is 4.10. The van der Waals surface area contributed by atoms with E-state index in [9.17, 15) is 13.2 Å². The Morgan fingerprint density at radius 1 is 1.43 bits per heavy atom. The maximum Gasteiger partial charge on any atom is 0.254 e. The van der Waals surface area contributed by atoms with E-state index in [2.05, 4.69) is 4.72 Å². The van der Waals surface area contributed by atoms with Crippen LogP contribution in [0.4, 0.5) is 0 Å². The Morgan fingerprint density at radius 2 is 2.13 bits per heavy atom. The van der Waals surface area contributed by atoms with E-state index in [4.69, 9.17) is 5.73 Å². The summed E-state index contributed by atoms with van der Waals surface area (Å²) in [6.07, 6.45) is 0.884. The molecule has 7 heteroatoms. The second kappa shape index (κ2) is 6.98. The fourth-order valence-electron chi connectivity index (χ4n) is 2.94. The average Bonchev–Trinajstić information content (AvgIpc) is 2.86. The van der Waals surface area contributed by atoms with Gasteiger partial charge in [0, 0.05) is 24.2 Å². The van der Waals surface area contributed by atoms with Gasteiger partial charge in [0.25, 0.3) is 5.91 Å². The Morgan fingerprint density at radius 3 is 2.70 bits per heavy atom. The maximum absolute atomic E-state index is 12.7. The van der Waals surface area contributed by atoms with E-state index < -0.39 is 10.0 Å².